The van der Waals surface area contributed by atoms with Gasteiger partial charge in [0.25, 0.3) is 0 Å². The number of benzene rings is 1. The number of carbonyl (C=O) groups is 1. The maximum absolute atomic E-state index is 14.1. The van der Waals surface area contributed by atoms with Crippen molar-refractivity contribution in [2.45, 2.75) is 39.6 Å². The normalized spacial score (nSPS) is 17.6. The van der Waals surface area contributed by atoms with E-state index >= 15 is 0 Å². The van der Waals surface area contributed by atoms with E-state index in [2.05, 4.69) is 23.1 Å². The molecule has 8 nitrogen and oxygen atoms in total. The molecule has 0 bridgehead atoms. The van der Waals surface area contributed by atoms with E-state index in [4.69, 9.17) is 18.0 Å². The Balaban J connectivity index is 1.85. The molecule has 0 unspecified atom stereocenters. The summed E-state index contributed by atoms with van der Waals surface area (Å²) in [4.78, 5) is 44.0. The number of nitrogens with zero attached hydrogens (tertiary/aromatic N) is 6. The maximum Gasteiger partial charge on any atom is 0.355 e. The smallest absolute Gasteiger partial charge is 0.350 e. The zero-order valence-corrected chi connectivity index (χ0v) is 24.4. The van der Waals surface area contributed by atoms with E-state index in [1.54, 1.807) is 35.1 Å². The summed E-state index contributed by atoms with van der Waals surface area (Å²) in [6.45, 7) is 15.9. The molecule has 9 heteroatoms. The van der Waals surface area contributed by atoms with Crippen LogP contribution in [-0.2, 0) is 4.79 Å². The van der Waals surface area contributed by atoms with Crippen molar-refractivity contribution in [3.63, 3.8) is 0 Å². The van der Waals surface area contributed by atoms with E-state index in [1.807, 2.05) is 51.1 Å². The molecule has 5 rings (SSSR count). The van der Waals surface area contributed by atoms with Gasteiger partial charge in [0.15, 0.2) is 5.65 Å². The third-order valence-corrected chi connectivity index (χ3v) is 7.67. The van der Waals surface area contributed by atoms with Crippen molar-refractivity contribution in [2.75, 3.05) is 24.5 Å². The third-order valence-electron chi connectivity index (χ3n) is 7.38. The minimum atomic E-state index is -1.29. The predicted octanol–water partition coefficient (Wildman–Crippen LogP) is 5.79. The van der Waals surface area contributed by atoms with E-state index in [0.717, 1.165) is 22.4 Å². The lowest BCUT2D eigenvalue weighted by molar-refractivity contribution is -0.126. The average molecular weight is 570 g/mol. The number of fused-ring (bicyclic) bond motifs is 1. The van der Waals surface area contributed by atoms with Crippen LogP contribution in [0.15, 0.2) is 66.6 Å². The molecule has 1 aliphatic rings. The Morgan fingerprint density at radius 1 is 1.20 bits per heavy atom. The first-order chi connectivity index (χ1) is 20.0. The van der Waals surface area contributed by atoms with Crippen LogP contribution in [0, 0.1) is 6.92 Å². The number of amides is 1. The lowest BCUT2D eigenvalue weighted by Gasteiger charge is -2.40. The Morgan fingerprint density at radius 2 is 1.95 bits per heavy atom. The van der Waals surface area contributed by atoms with Crippen LogP contribution < -0.4 is 10.6 Å². The molecule has 4 heterocycles. The van der Waals surface area contributed by atoms with Crippen molar-refractivity contribution in [1.82, 2.24) is 24.4 Å². The minimum absolute atomic E-state index is 0.0156. The maximum atomic E-state index is 14.1. The van der Waals surface area contributed by atoms with Gasteiger partial charge in [-0.2, -0.15) is 4.98 Å². The molecule has 210 valence electrons. The average Bonchev–Trinajstić information content (AvgIpc) is 2.96. The summed E-state index contributed by atoms with van der Waals surface area (Å²) in [6.07, 6.45) is 4.71. The van der Waals surface area contributed by atoms with Gasteiger partial charge in [-0.05, 0) is 49.1 Å². The number of aromatic nitrogens is 4. The van der Waals surface area contributed by atoms with E-state index in [-0.39, 0.29) is 24.9 Å². The molecule has 0 saturated carbocycles. The van der Waals surface area contributed by atoms with Crippen LogP contribution in [0.4, 0.5) is 5.82 Å². The van der Waals surface area contributed by atoms with Crippen molar-refractivity contribution < 1.29 is 6.17 Å². The van der Waals surface area contributed by atoms with Crippen molar-refractivity contribution in [2.24, 2.45) is 0 Å². The zero-order chi connectivity index (χ0) is 30.3. The highest BCUT2D eigenvalue weighted by Crippen LogP contribution is 2.36. The summed E-state index contributed by atoms with van der Waals surface area (Å²) < 4.78 is 10.7. The summed E-state index contributed by atoms with van der Waals surface area (Å²) in [7, 11) is 0. The fourth-order valence-electron chi connectivity index (χ4n) is 5.33. The van der Waals surface area contributed by atoms with E-state index in [9.17, 15) is 9.59 Å². The molecule has 1 saturated heterocycles. The molecule has 0 N–H and O–H groups in total. The van der Waals surface area contributed by atoms with E-state index in [0.29, 0.717) is 39.8 Å². The predicted molar refractivity (Wildman–Crippen MR) is 166 cm³/mol. The molecule has 0 radical (unpaired) electrons. The monoisotopic (exact) mass is 569 g/mol. The summed E-state index contributed by atoms with van der Waals surface area (Å²) in [5.41, 5.74) is 4.11. The number of anilines is 1. The van der Waals surface area contributed by atoms with Crippen molar-refractivity contribution in [3.05, 3.63) is 94.2 Å². The number of piperazine rings is 1. The summed E-state index contributed by atoms with van der Waals surface area (Å²) in [6, 6.07) is 9.97. The summed E-state index contributed by atoms with van der Waals surface area (Å²) in [5, 5.41) is 0.878. The number of aryl methyl sites for hydroxylation is 1. The van der Waals surface area contributed by atoms with Crippen LogP contribution in [0.3, 0.4) is 0 Å². The molecule has 1 aromatic carbocycles. The molecule has 3 aromatic heterocycles. The van der Waals surface area contributed by atoms with Crippen LogP contribution in [0.2, 0.25) is 5.02 Å². The molecule has 1 fully saturated rings. The van der Waals surface area contributed by atoms with Gasteiger partial charge in [0.05, 0.1) is 28.9 Å². The Bertz CT molecular complexity index is 1800. The number of hydrogen-bond donors (Lipinski definition) is 0. The Morgan fingerprint density at radius 3 is 2.63 bits per heavy atom. The number of pyridine rings is 2. The topological polar surface area (TPSA) is 84.2 Å². The molecule has 1 atom stereocenters. The highest BCUT2D eigenvalue weighted by Gasteiger charge is 2.30. The Kier molecular flexibility index (Phi) is 7.41. The van der Waals surface area contributed by atoms with Crippen LogP contribution in [0.5, 0.6) is 0 Å². The second-order valence-corrected chi connectivity index (χ2v) is 10.8. The summed E-state index contributed by atoms with van der Waals surface area (Å²) >= 11 is 6.93. The fourth-order valence-corrected chi connectivity index (χ4v) is 5.59. The highest BCUT2D eigenvalue weighted by molar-refractivity contribution is 6.34. The standard InChI is InChI=1S/C32H33ClN6O2/c1-7-22-11-9-10-12-23(22)28-25(33)17-24-30(38-16-15-37(18-21(38)6)26(40)8-2)36-32(41)39(31(24)35-28)29-20(5)13-14-34-27(29)19(3)4/h7-14,17,19,21H,1-2,15-16,18H2,3-6H3/t21-/m0/s1/i21D. The van der Waals surface area contributed by atoms with Gasteiger partial charge >= 0.3 is 5.69 Å². The van der Waals surface area contributed by atoms with Gasteiger partial charge < -0.3 is 9.80 Å². The first-order valence-corrected chi connectivity index (χ1v) is 13.9. The lowest BCUT2D eigenvalue weighted by Crippen LogP contribution is -2.54. The van der Waals surface area contributed by atoms with Gasteiger partial charge in [0.2, 0.25) is 5.91 Å². The quantitative estimate of drug-likeness (QED) is 0.273. The number of halogens is 1. The molecule has 1 aliphatic heterocycles. The van der Waals surface area contributed by atoms with Crippen molar-refractivity contribution in [1.29, 1.82) is 0 Å². The van der Waals surface area contributed by atoms with Crippen LogP contribution in [-0.4, -0.2) is 56.0 Å². The van der Waals surface area contributed by atoms with Crippen molar-refractivity contribution >= 4 is 40.4 Å². The van der Waals surface area contributed by atoms with Gasteiger partial charge in [-0.1, -0.05) is 68.9 Å². The van der Waals surface area contributed by atoms with E-state index < -0.39 is 11.7 Å². The van der Waals surface area contributed by atoms with Crippen LogP contribution in [0.1, 0.15) is 44.9 Å². The van der Waals surface area contributed by atoms with Crippen LogP contribution >= 0.6 is 11.6 Å². The molecule has 0 aliphatic carbocycles. The molecule has 41 heavy (non-hydrogen) atoms. The number of hydrogen-bond acceptors (Lipinski definition) is 6. The van der Waals surface area contributed by atoms with Gasteiger partial charge in [0, 0.05) is 37.4 Å². The second kappa shape index (κ2) is 11.3. The first-order valence-electron chi connectivity index (χ1n) is 14.0. The van der Waals surface area contributed by atoms with Gasteiger partial charge in [-0.25, -0.2) is 14.3 Å². The van der Waals surface area contributed by atoms with Crippen LogP contribution in [0.25, 0.3) is 34.1 Å². The van der Waals surface area contributed by atoms with Gasteiger partial charge in [-0.3, -0.25) is 9.78 Å². The van der Waals surface area contributed by atoms with Gasteiger partial charge in [-0.15, -0.1) is 0 Å². The minimum Gasteiger partial charge on any atom is -0.350 e. The van der Waals surface area contributed by atoms with Crippen molar-refractivity contribution in [3.8, 4) is 16.9 Å². The second-order valence-electron chi connectivity index (χ2n) is 10.4. The van der Waals surface area contributed by atoms with Gasteiger partial charge in [0.1, 0.15) is 5.82 Å². The molecule has 4 aromatic rings. The molecular weight excluding hydrogens is 536 g/mol. The number of rotatable bonds is 6. The highest BCUT2D eigenvalue weighted by atomic mass is 35.5. The SMILES string of the molecule is [2H][C@]1(C)CN(C(=O)C=C)CCN1c1nc(=O)n(-c2c(C)ccnc2C(C)C)c2nc(-c3ccccc3C=C)c(Cl)cc12. The molecular formula is C32H33ClN6O2. The number of carbonyl (C=O) groups excluding carboxylic acids is 1. The third kappa shape index (κ3) is 5.04. The summed E-state index contributed by atoms with van der Waals surface area (Å²) in [5.74, 6) is 0.0618. The molecule has 0 spiro atoms. The first kappa shape index (κ1) is 26.9. The Labute approximate surface area is 246 Å². The lowest BCUT2D eigenvalue weighted by atomic mass is 10.0. The fraction of sp³-hybridized carbons (Fsp3) is 0.281. The Hall–Kier alpha value is -4.30. The zero-order valence-electron chi connectivity index (χ0n) is 24.7. The molecule has 1 amide bonds. The van der Waals surface area contributed by atoms with E-state index in [1.165, 1.54) is 10.6 Å². The largest absolute Gasteiger partial charge is 0.355 e.